The van der Waals surface area contributed by atoms with Crippen molar-refractivity contribution >= 4 is 59.3 Å². The van der Waals surface area contributed by atoms with Crippen LogP contribution in [0.2, 0.25) is 0 Å². The Kier molecular flexibility index (Phi) is 7.59. The van der Waals surface area contributed by atoms with Crippen molar-refractivity contribution in [2.45, 2.75) is 46.6 Å². The van der Waals surface area contributed by atoms with Crippen molar-refractivity contribution in [2.24, 2.45) is 0 Å². The van der Waals surface area contributed by atoms with Crippen molar-refractivity contribution < 1.29 is 18.5 Å². The Morgan fingerprint density at radius 3 is 2.56 bits per heavy atom. The summed E-state index contributed by atoms with van der Waals surface area (Å²) in [5.41, 5.74) is 2.24. The largest absolute Gasteiger partial charge is 0.496 e. The molecule has 0 atom stereocenters. The van der Waals surface area contributed by atoms with Crippen molar-refractivity contribution in [1.29, 1.82) is 0 Å². The molecule has 32 heavy (non-hydrogen) atoms. The predicted octanol–water partition coefficient (Wildman–Crippen LogP) is 4.44. The molecule has 0 bridgehead atoms. The van der Waals surface area contributed by atoms with Gasteiger partial charge in [0.15, 0.2) is 5.76 Å². The van der Waals surface area contributed by atoms with Gasteiger partial charge in [-0.05, 0) is 26.8 Å². The van der Waals surface area contributed by atoms with E-state index in [1.807, 2.05) is 40.0 Å². The van der Waals surface area contributed by atoms with Gasteiger partial charge >= 0.3 is 7.12 Å². The van der Waals surface area contributed by atoms with Crippen molar-refractivity contribution in [3.05, 3.63) is 28.9 Å². The van der Waals surface area contributed by atoms with Gasteiger partial charge in [0.25, 0.3) is 5.91 Å². The number of nitrogens with one attached hydrogen (secondary N) is 1. The van der Waals surface area contributed by atoms with Crippen LogP contribution in [0.25, 0.3) is 21.6 Å². The van der Waals surface area contributed by atoms with Crippen LogP contribution >= 0.6 is 24.2 Å². The number of nitrogens with zero attached hydrogens (tertiary/aromatic N) is 2. The highest BCUT2D eigenvalue weighted by molar-refractivity contribution is 7.81. The highest BCUT2D eigenvalue weighted by Gasteiger charge is 2.40. The molecule has 7 nitrogen and oxygen atoms in total. The number of rotatable bonds is 4. The third-order valence-corrected chi connectivity index (χ3v) is 5.87. The fourth-order valence-corrected chi connectivity index (χ4v) is 4.33. The SMILES string of the molecule is CCC.CNC(=O)c1c(-c2cnc(C)s2)oc2cc(N(C)S)c(B3OCC(C)(C)O3)cc12. The molecule has 0 radical (unpaired) electrons. The van der Waals surface area contributed by atoms with E-state index in [1.54, 1.807) is 17.5 Å². The van der Waals surface area contributed by atoms with Gasteiger partial charge in [0.1, 0.15) is 5.58 Å². The summed E-state index contributed by atoms with van der Waals surface area (Å²) in [5, 5.41) is 4.30. The minimum atomic E-state index is -0.555. The first-order valence-electron chi connectivity index (χ1n) is 10.6. The number of thiol groups is 1. The van der Waals surface area contributed by atoms with Gasteiger partial charge in [-0.3, -0.25) is 4.79 Å². The van der Waals surface area contributed by atoms with Gasteiger partial charge in [0.2, 0.25) is 0 Å². The summed E-state index contributed by atoms with van der Waals surface area (Å²) in [6.45, 7) is 10.6. The van der Waals surface area contributed by atoms with Crippen LogP contribution in [0.1, 0.15) is 49.5 Å². The molecule has 3 heterocycles. The maximum atomic E-state index is 12.8. The number of aryl methyl sites for hydroxylation is 1. The van der Waals surface area contributed by atoms with Crippen molar-refractivity contribution in [3.8, 4) is 10.6 Å². The molecule has 10 heteroatoms. The molecule has 1 saturated heterocycles. The van der Waals surface area contributed by atoms with Crippen LogP contribution in [-0.2, 0) is 9.31 Å². The number of aromatic nitrogens is 1. The van der Waals surface area contributed by atoms with E-state index < -0.39 is 12.7 Å². The molecule has 3 aromatic rings. The number of carbonyl (C=O) groups is 1. The second kappa shape index (κ2) is 9.86. The molecule has 0 spiro atoms. The number of hydrogen-bond acceptors (Lipinski definition) is 8. The van der Waals surface area contributed by atoms with Gasteiger partial charge in [-0.15, -0.1) is 11.3 Å². The summed E-state index contributed by atoms with van der Waals surface area (Å²) in [6.07, 6.45) is 2.97. The van der Waals surface area contributed by atoms with Crippen LogP contribution in [0.4, 0.5) is 5.69 Å². The molecule has 0 unspecified atom stereocenters. The maximum Gasteiger partial charge on any atom is 0.496 e. The van der Waals surface area contributed by atoms with Gasteiger partial charge < -0.3 is 23.3 Å². The molecular weight excluding hydrogens is 445 g/mol. The number of carbonyl (C=O) groups excluding carboxylic acids is 1. The number of thiazole rings is 1. The average molecular weight is 475 g/mol. The zero-order valence-electron chi connectivity index (χ0n) is 19.6. The van der Waals surface area contributed by atoms with E-state index in [9.17, 15) is 4.79 Å². The molecule has 1 aromatic carbocycles. The van der Waals surface area contributed by atoms with E-state index >= 15 is 0 Å². The van der Waals surface area contributed by atoms with Crippen LogP contribution in [0.5, 0.6) is 0 Å². The lowest BCUT2D eigenvalue weighted by Gasteiger charge is -2.19. The second-order valence-electron chi connectivity index (χ2n) is 8.29. The molecule has 1 amide bonds. The zero-order valence-corrected chi connectivity index (χ0v) is 21.3. The van der Waals surface area contributed by atoms with Crippen molar-refractivity contribution in [1.82, 2.24) is 10.3 Å². The number of benzene rings is 1. The Hall–Kier alpha value is -2.01. The fraction of sp³-hybridized carbons (Fsp3) is 0.455. The van der Waals surface area contributed by atoms with Crippen LogP contribution in [0.3, 0.4) is 0 Å². The summed E-state index contributed by atoms with van der Waals surface area (Å²) in [7, 11) is 2.87. The minimum absolute atomic E-state index is 0.226. The highest BCUT2D eigenvalue weighted by atomic mass is 32.1. The van der Waals surface area contributed by atoms with Crippen LogP contribution in [-0.4, -0.2) is 44.3 Å². The Bertz CT molecular complexity index is 1110. The molecule has 1 N–H and O–H groups in total. The van der Waals surface area contributed by atoms with Crippen LogP contribution < -0.4 is 15.1 Å². The fourth-order valence-electron chi connectivity index (χ4n) is 3.40. The van der Waals surface area contributed by atoms with E-state index in [4.69, 9.17) is 13.7 Å². The summed E-state index contributed by atoms with van der Waals surface area (Å²) in [5.74, 6) is 0.278. The summed E-state index contributed by atoms with van der Waals surface area (Å²) in [4.78, 5) is 17.9. The third-order valence-electron chi connectivity index (χ3n) is 4.75. The Labute approximate surface area is 199 Å². The molecule has 2 aromatic heterocycles. The summed E-state index contributed by atoms with van der Waals surface area (Å²) < 4.78 is 19.8. The van der Waals surface area contributed by atoms with Gasteiger partial charge in [-0.1, -0.05) is 33.1 Å². The number of anilines is 1. The quantitative estimate of drug-likeness (QED) is 0.429. The van der Waals surface area contributed by atoms with E-state index in [1.165, 1.54) is 17.8 Å². The highest BCUT2D eigenvalue weighted by Crippen LogP contribution is 2.38. The standard InChI is InChI=1S/C19H22BN3O4S2.C3H8/c1-10-22-8-15(29-10)17-16(18(24)21-4)11-6-12(20-25-9-19(2,3)27-20)13(23(5)28)7-14(11)26-17;1-3-2/h6-8,28H,9H2,1-5H3,(H,21,24);3H2,1-2H3. The van der Waals surface area contributed by atoms with Gasteiger partial charge in [-0.25, -0.2) is 4.98 Å². The first-order valence-corrected chi connectivity index (χ1v) is 11.8. The zero-order chi connectivity index (χ0) is 23.6. The number of amides is 1. The maximum absolute atomic E-state index is 12.8. The van der Waals surface area contributed by atoms with Crippen LogP contribution in [0, 0.1) is 6.92 Å². The molecule has 1 fully saturated rings. The summed E-state index contributed by atoms with van der Waals surface area (Å²) in [6, 6.07) is 3.76. The van der Waals surface area contributed by atoms with Crippen molar-refractivity contribution in [3.63, 3.8) is 0 Å². The first kappa shape index (κ1) is 24.6. The second-order valence-corrected chi connectivity index (χ2v) is 10.1. The van der Waals surface area contributed by atoms with Gasteiger partial charge in [0, 0.05) is 42.9 Å². The molecule has 172 valence electrons. The Morgan fingerprint density at radius 1 is 1.38 bits per heavy atom. The van der Waals surface area contributed by atoms with E-state index in [0.717, 1.165) is 21.0 Å². The molecule has 1 aliphatic heterocycles. The lowest BCUT2D eigenvalue weighted by molar-refractivity contribution is 0.0964. The van der Waals surface area contributed by atoms with Crippen molar-refractivity contribution in [2.75, 3.05) is 25.0 Å². The number of fused-ring (bicyclic) bond motifs is 1. The molecular formula is C22H30BN3O4S2. The van der Waals surface area contributed by atoms with Gasteiger partial charge in [0.05, 0.1) is 27.7 Å². The number of furan rings is 1. The van der Waals surface area contributed by atoms with E-state index in [-0.39, 0.29) is 5.91 Å². The normalized spacial score (nSPS) is 14.9. The molecule has 0 saturated carbocycles. The van der Waals surface area contributed by atoms with Gasteiger partial charge in [-0.2, -0.15) is 0 Å². The summed E-state index contributed by atoms with van der Waals surface area (Å²) >= 11 is 5.96. The van der Waals surface area contributed by atoms with Crippen LogP contribution in [0.15, 0.2) is 22.7 Å². The smallest absolute Gasteiger partial charge is 0.454 e. The minimum Gasteiger partial charge on any atom is -0.454 e. The van der Waals surface area contributed by atoms with E-state index in [2.05, 4.69) is 37.0 Å². The molecule has 4 rings (SSSR count). The first-order chi connectivity index (χ1) is 15.1. The average Bonchev–Trinajstić information content (AvgIpc) is 3.42. The van der Waals surface area contributed by atoms with E-state index in [0.29, 0.717) is 28.9 Å². The monoisotopic (exact) mass is 475 g/mol. The number of hydrogen-bond donors (Lipinski definition) is 2. The lowest BCUT2D eigenvalue weighted by atomic mass is 9.77. The predicted molar refractivity (Wildman–Crippen MR) is 135 cm³/mol. The third kappa shape index (κ3) is 4.98. The molecule has 1 aliphatic rings. The lowest BCUT2D eigenvalue weighted by Crippen LogP contribution is -2.37. The Morgan fingerprint density at radius 2 is 2.06 bits per heavy atom. The molecule has 0 aliphatic carbocycles. The Balaban J connectivity index is 0.000000913. The topological polar surface area (TPSA) is 76.8 Å².